The maximum Gasteiger partial charge on any atom is 0.317 e. The monoisotopic (exact) mass is 389 g/mol. The molecule has 1 aliphatic rings. The van der Waals surface area contributed by atoms with Crippen molar-refractivity contribution in [3.63, 3.8) is 0 Å². The number of aliphatic carboxylic acids is 1. The van der Waals surface area contributed by atoms with Crippen LogP contribution < -0.4 is 0 Å². The van der Waals surface area contributed by atoms with Crippen molar-refractivity contribution < 1.29 is 24.0 Å². The molecule has 0 spiro atoms. The number of nitro benzene ring substituents is 1. The molecule has 1 N–H and O–H groups in total. The summed E-state index contributed by atoms with van der Waals surface area (Å²) < 4.78 is 11.6. The highest BCUT2D eigenvalue weighted by molar-refractivity contribution is 5.69. The fourth-order valence-electron chi connectivity index (χ4n) is 3.35. The minimum Gasteiger partial charge on any atom is -0.480 e. The Morgan fingerprint density at radius 2 is 2.14 bits per heavy atom. The molecule has 150 valence electrons. The van der Waals surface area contributed by atoms with Crippen LogP contribution in [-0.4, -0.2) is 71.7 Å². The zero-order chi connectivity index (χ0) is 20.1. The standard InChI is InChI=1S/C19H23N3O6/c1-20(13-19(23)24)10-15-12-21(8-9-27-15)11-14-6-7-18(28-14)16-4-2-3-5-17(16)22(25)26/h2-7,15H,8-13H2,1H3,(H,23,24). The number of para-hydroxylation sites is 1. The first kappa shape index (κ1) is 20.0. The summed E-state index contributed by atoms with van der Waals surface area (Å²) in [6.45, 7) is 3.01. The Hall–Kier alpha value is -2.75. The summed E-state index contributed by atoms with van der Waals surface area (Å²) in [4.78, 5) is 25.5. The molecule has 28 heavy (non-hydrogen) atoms. The van der Waals surface area contributed by atoms with Crippen molar-refractivity contribution in [1.29, 1.82) is 0 Å². The molecule has 1 saturated heterocycles. The third kappa shape index (κ3) is 5.16. The van der Waals surface area contributed by atoms with E-state index in [4.69, 9.17) is 14.3 Å². The van der Waals surface area contributed by atoms with E-state index in [9.17, 15) is 14.9 Å². The van der Waals surface area contributed by atoms with Crippen molar-refractivity contribution in [3.8, 4) is 11.3 Å². The molecule has 2 aromatic rings. The number of furan rings is 1. The van der Waals surface area contributed by atoms with Crippen molar-refractivity contribution in [2.75, 3.05) is 39.8 Å². The molecular formula is C19H23N3O6. The maximum atomic E-state index is 11.2. The first-order chi connectivity index (χ1) is 13.4. The number of rotatable bonds is 8. The number of hydrogen-bond acceptors (Lipinski definition) is 7. The summed E-state index contributed by atoms with van der Waals surface area (Å²) in [5, 5.41) is 20.1. The number of benzene rings is 1. The molecular weight excluding hydrogens is 366 g/mol. The second-order valence-corrected chi connectivity index (χ2v) is 6.86. The second kappa shape index (κ2) is 8.96. The van der Waals surface area contributed by atoms with Gasteiger partial charge in [0.2, 0.25) is 0 Å². The molecule has 1 fully saturated rings. The summed E-state index contributed by atoms with van der Waals surface area (Å²) >= 11 is 0. The van der Waals surface area contributed by atoms with Gasteiger partial charge in [-0.1, -0.05) is 12.1 Å². The summed E-state index contributed by atoms with van der Waals surface area (Å²) in [6, 6.07) is 10.1. The first-order valence-electron chi connectivity index (χ1n) is 8.99. The van der Waals surface area contributed by atoms with Gasteiger partial charge in [0.05, 0.1) is 36.3 Å². The lowest BCUT2D eigenvalue weighted by atomic mass is 10.1. The van der Waals surface area contributed by atoms with E-state index in [1.165, 1.54) is 6.07 Å². The number of likely N-dealkylation sites (N-methyl/N-ethyl adjacent to an activating group) is 1. The van der Waals surface area contributed by atoms with Gasteiger partial charge < -0.3 is 14.3 Å². The average molecular weight is 389 g/mol. The Balaban J connectivity index is 1.62. The Labute approximate surface area is 162 Å². The smallest absolute Gasteiger partial charge is 0.317 e. The maximum absolute atomic E-state index is 11.2. The van der Waals surface area contributed by atoms with Crippen LogP contribution in [-0.2, 0) is 16.1 Å². The average Bonchev–Trinajstić information content (AvgIpc) is 3.09. The molecule has 0 saturated carbocycles. The second-order valence-electron chi connectivity index (χ2n) is 6.86. The summed E-state index contributed by atoms with van der Waals surface area (Å²) in [5.74, 6) is 0.314. The SMILES string of the molecule is CN(CC(=O)O)CC1CN(Cc2ccc(-c3ccccc3[N+](=O)[O-])o2)CCO1. The minimum absolute atomic E-state index is 0.0105. The van der Waals surface area contributed by atoms with Crippen LogP contribution in [0.5, 0.6) is 0 Å². The number of carboxylic acid groups (broad SMARTS) is 1. The van der Waals surface area contributed by atoms with Gasteiger partial charge in [0.15, 0.2) is 0 Å². The van der Waals surface area contributed by atoms with Gasteiger partial charge in [0.1, 0.15) is 11.5 Å². The highest BCUT2D eigenvalue weighted by Gasteiger charge is 2.24. The molecule has 9 nitrogen and oxygen atoms in total. The van der Waals surface area contributed by atoms with Crippen molar-refractivity contribution in [2.45, 2.75) is 12.6 Å². The third-order valence-electron chi connectivity index (χ3n) is 4.55. The highest BCUT2D eigenvalue weighted by Crippen LogP contribution is 2.31. The van der Waals surface area contributed by atoms with Gasteiger partial charge >= 0.3 is 5.97 Å². The number of carbonyl (C=O) groups is 1. The summed E-state index contributed by atoms with van der Waals surface area (Å²) in [6.07, 6.45) is -0.0808. The Morgan fingerprint density at radius 1 is 1.36 bits per heavy atom. The van der Waals surface area contributed by atoms with Crippen LogP contribution >= 0.6 is 0 Å². The van der Waals surface area contributed by atoms with Crippen molar-refractivity contribution in [2.24, 2.45) is 0 Å². The van der Waals surface area contributed by atoms with E-state index < -0.39 is 10.9 Å². The molecule has 1 atom stereocenters. The molecule has 0 amide bonds. The van der Waals surface area contributed by atoms with Gasteiger partial charge in [-0.15, -0.1) is 0 Å². The molecule has 0 radical (unpaired) electrons. The van der Waals surface area contributed by atoms with E-state index in [2.05, 4.69) is 4.90 Å². The van der Waals surface area contributed by atoms with Gasteiger partial charge in [-0.25, -0.2) is 0 Å². The van der Waals surface area contributed by atoms with Gasteiger partial charge in [0.25, 0.3) is 5.69 Å². The summed E-state index contributed by atoms with van der Waals surface area (Å²) in [7, 11) is 1.75. The topological polar surface area (TPSA) is 109 Å². The quantitative estimate of drug-likeness (QED) is 0.540. The zero-order valence-electron chi connectivity index (χ0n) is 15.6. The van der Waals surface area contributed by atoms with Gasteiger partial charge in [0, 0.05) is 25.7 Å². The molecule has 9 heteroatoms. The Kier molecular flexibility index (Phi) is 6.40. The zero-order valence-corrected chi connectivity index (χ0v) is 15.6. The lowest BCUT2D eigenvalue weighted by Crippen LogP contribution is -2.47. The van der Waals surface area contributed by atoms with Crippen LogP contribution in [0.3, 0.4) is 0 Å². The van der Waals surface area contributed by atoms with E-state index in [1.54, 1.807) is 36.2 Å². The normalized spacial score (nSPS) is 17.7. The van der Waals surface area contributed by atoms with E-state index in [1.807, 2.05) is 6.07 Å². The van der Waals surface area contributed by atoms with Gasteiger partial charge in [-0.3, -0.25) is 24.7 Å². The number of ether oxygens (including phenoxy) is 1. The van der Waals surface area contributed by atoms with E-state index in [0.717, 1.165) is 6.54 Å². The molecule has 3 rings (SSSR count). The van der Waals surface area contributed by atoms with Crippen LogP contribution in [0.4, 0.5) is 5.69 Å². The predicted molar refractivity (Wildman–Crippen MR) is 101 cm³/mol. The van der Waals surface area contributed by atoms with E-state index in [-0.39, 0.29) is 18.3 Å². The van der Waals surface area contributed by atoms with Crippen molar-refractivity contribution in [3.05, 3.63) is 52.3 Å². The van der Waals surface area contributed by atoms with E-state index in [0.29, 0.717) is 43.3 Å². The van der Waals surface area contributed by atoms with Crippen LogP contribution in [0, 0.1) is 10.1 Å². The number of carboxylic acids is 1. The fourth-order valence-corrected chi connectivity index (χ4v) is 3.35. The molecule has 0 bridgehead atoms. The molecule has 2 heterocycles. The molecule has 1 aliphatic heterocycles. The van der Waals surface area contributed by atoms with Crippen molar-refractivity contribution in [1.82, 2.24) is 9.80 Å². The van der Waals surface area contributed by atoms with Gasteiger partial charge in [-0.2, -0.15) is 0 Å². The molecule has 1 unspecified atom stereocenters. The van der Waals surface area contributed by atoms with Gasteiger partial charge in [-0.05, 0) is 25.2 Å². The Morgan fingerprint density at radius 3 is 2.89 bits per heavy atom. The Bertz CT molecular complexity index is 837. The van der Waals surface area contributed by atoms with Crippen LogP contribution in [0.1, 0.15) is 5.76 Å². The number of nitrogens with zero attached hydrogens (tertiary/aromatic N) is 3. The lowest BCUT2D eigenvalue weighted by molar-refractivity contribution is -0.384. The lowest BCUT2D eigenvalue weighted by Gasteiger charge is -2.34. The fraction of sp³-hybridized carbons (Fsp3) is 0.421. The third-order valence-corrected chi connectivity index (χ3v) is 4.55. The van der Waals surface area contributed by atoms with E-state index >= 15 is 0 Å². The number of nitro groups is 1. The van der Waals surface area contributed by atoms with Crippen LogP contribution in [0.15, 0.2) is 40.8 Å². The van der Waals surface area contributed by atoms with Crippen molar-refractivity contribution >= 4 is 11.7 Å². The highest BCUT2D eigenvalue weighted by atomic mass is 16.6. The number of morpholine rings is 1. The van der Waals surface area contributed by atoms with Crippen LogP contribution in [0.2, 0.25) is 0 Å². The van der Waals surface area contributed by atoms with Crippen LogP contribution in [0.25, 0.3) is 11.3 Å². The largest absolute Gasteiger partial charge is 0.480 e. The predicted octanol–water partition coefficient (Wildman–Crippen LogP) is 2.07. The molecule has 0 aliphatic carbocycles. The molecule has 1 aromatic carbocycles. The summed E-state index contributed by atoms with van der Waals surface area (Å²) in [5.41, 5.74) is 0.463. The number of hydrogen-bond donors (Lipinski definition) is 1. The first-order valence-corrected chi connectivity index (χ1v) is 8.99. The minimum atomic E-state index is -0.867. The molecule has 1 aromatic heterocycles.